The third kappa shape index (κ3) is 2.76. The van der Waals surface area contributed by atoms with Gasteiger partial charge in [0.2, 0.25) is 0 Å². The van der Waals surface area contributed by atoms with Crippen LogP contribution in [0.15, 0.2) is 33.5 Å². The lowest BCUT2D eigenvalue weighted by molar-refractivity contribution is 0.0935. The number of aromatic hydroxyl groups is 1. The fourth-order valence-electron chi connectivity index (χ4n) is 1.66. The molecule has 2 rings (SSSR count). The van der Waals surface area contributed by atoms with Crippen LogP contribution in [0.4, 0.5) is 0 Å². The van der Waals surface area contributed by atoms with Crippen molar-refractivity contribution in [2.75, 3.05) is 0 Å². The molecule has 0 radical (unpaired) electrons. The molecule has 19 heavy (non-hydrogen) atoms. The highest BCUT2D eigenvalue weighted by atomic mass is 16.4. The Hall–Kier alpha value is -2.30. The van der Waals surface area contributed by atoms with E-state index in [1.54, 1.807) is 6.07 Å². The molecule has 1 heterocycles. The van der Waals surface area contributed by atoms with Gasteiger partial charge in [0.1, 0.15) is 16.9 Å². The van der Waals surface area contributed by atoms with Crippen LogP contribution in [-0.2, 0) is 0 Å². The minimum Gasteiger partial charge on any atom is -0.508 e. The van der Waals surface area contributed by atoms with E-state index in [4.69, 9.17) is 4.42 Å². The van der Waals surface area contributed by atoms with E-state index < -0.39 is 11.5 Å². The van der Waals surface area contributed by atoms with Gasteiger partial charge >= 0.3 is 5.63 Å². The summed E-state index contributed by atoms with van der Waals surface area (Å²) in [4.78, 5) is 23.7. The van der Waals surface area contributed by atoms with Crippen molar-refractivity contribution in [2.45, 2.75) is 26.3 Å². The van der Waals surface area contributed by atoms with Crippen LogP contribution in [0.1, 0.15) is 30.6 Å². The Balaban J connectivity index is 2.44. The van der Waals surface area contributed by atoms with E-state index >= 15 is 0 Å². The Morgan fingerprint density at radius 1 is 1.42 bits per heavy atom. The van der Waals surface area contributed by atoms with E-state index in [1.165, 1.54) is 18.2 Å². The number of carbonyl (C=O) groups is 1. The average Bonchev–Trinajstić information content (AvgIpc) is 2.37. The average molecular weight is 261 g/mol. The van der Waals surface area contributed by atoms with Crippen LogP contribution in [-0.4, -0.2) is 17.1 Å². The van der Waals surface area contributed by atoms with Crippen molar-refractivity contribution in [2.24, 2.45) is 0 Å². The molecule has 0 aliphatic rings. The lowest BCUT2D eigenvalue weighted by Crippen LogP contribution is -2.34. The van der Waals surface area contributed by atoms with Crippen molar-refractivity contribution in [3.05, 3.63) is 40.2 Å². The van der Waals surface area contributed by atoms with Crippen LogP contribution < -0.4 is 10.9 Å². The summed E-state index contributed by atoms with van der Waals surface area (Å²) in [5.41, 5.74) is -0.484. The van der Waals surface area contributed by atoms with Gasteiger partial charge in [-0.1, -0.05) is 6.92 Å². The van der Waals surface area contributed by atoms with Gasteiger partial charge in [0.05, 0.1) is 0 Å². The molecule has 1 aromatic heterocycles. The molecule has 0 saturated carbocycles. The van der Waals surface area contributed by atoms with Gasteiger partial charge in [0, 0.05) is 17.5 Å². The molecular weight excluding hydrogens is 246 g/mol. The van der Waals surface area contributed by atoms with Gasteiger partial charge in [0.25, 0.3) is 5.91 Å². The van der Waals surface area contributed by atoms with Gasteiger partial charge in [-0.15, -0.1) is 0 Å². The predicted molar refractivity (Wildman–Crippen MR) is 71.4 cm³/mol. The molecule has 0 saturated heterocycles. The molecule has 5 heteroatoms. The summed E-state index contributed by atoms with van der Waals surface area (Å²) in [6.45, 7) is 3.80. The Morgan fingerprint density at radius 2 is 2.16 bits per heavy atom. The number of hydrogen-bond acceptors (Lipinski definition) is 4. The standard InChI is InChI=1S/C14H15NO4/c1-3-8(2)15-13(17)11-6-9-4-5-10(16)7-12(9)19-14(11)18/h4-8,16H,3H2,1-2H3,(H,15,17)/t8-/m1/s1. The minimum absolute atomic E-state index is 0.00690. The molecule has 0 unspecified atom stereocenters. The number of amides is 1. The van der Waals surface area contributed by atoms with Crippen LogP contribution in [0.2, 0.25) is 0 Å². The summed E-state index contributed by atoms with van der Waals surface area (Å²) in [5, 5.41) is 12.6. The summed E-state index contributed by atoms with van der Waals surface area (Å²) in [5.74, 6) is -0.439. The van der Waals surface area contributed by atoms with Crippen molar-refractivity contribution in [3.63, 3.8) is 0 Å². The van der Waals surface area contributed by atoms with Crippen molar-refractivity contribution in [1.82, 2.24) is 5.32 Å². The lowest BCUT2D eigenvalue weighted by Gasteiger charge is -2.10. The van der Waals surface area contributed by atoms with Crippen LogP contribution in [0.5, 0.6) is 5.75 Å². The summed E-state index contributed by atoms with van der Waals surface area (Å²) in [7, 11) is 0. The zero-order chi connectivity index (χ0) is 14.0. The summed E-state index contributed by atoms with van der Waals surface area (Å²) in [6, 6.07) is 5.86. The maximum atomic E-state index is 11.9. The topological polar surface area (TPSA) is 79.5 Å². The van der Waals surface area contributed by atoms with E-state index in [9.17, 15) is 14.7 Å². The number of nitrogens with one attached hydrogen (secondary N) is 1. The molecule has 0 spiro atoms. The first-order valence-electron chi connectivity index (χ1n) is 6.09. The molecule has 0 fully saturated rings. The van der Waals surface area contributed by atoms with Gasteiger partial charge in [-0.25, -0.2) is 4.79 Å². The van der Waals surface area contributed by atoms with Crippen LogP contribution in [0.3, 0.4) is 0 Å². The van der Waals surface area contributed by atoms with E-state index in [2.05, 4.69) is 5.32 Å². The molecule has 2 aromatic rings. The third-order valence-corrected chi connectivity index (χ3v) is 2.95. The Morgan fingerprint density at radius 3 is 2.84 bits per heavy atom. The summed E-state index contributed by atoms with van der Waals surface area (Å²) in [6.07, 6.45) is 0.776. The molecule has 1 atom stereocenters. The van der Waals surface area contributed by atoms with Crippen LogP contribution >= 0.6 is 0 Å². The number of fused-ring (bicyclic) bond motifs is 1. The molecule has 2 N–H and O–H groups in total. The number of phenolic OH excluding ortho intramolecular Hbond substituents is 1. The molecule has 0 bridgehead atoms. The van der Waals surface area contributed by atoms with E-state index in [-0.39, 0.29) is 22.9 Å². The number of benzene rings is 1. The van der Waals surface area contributed by atoms with Gasteiger partial charge in [-0.3, -0.25) is 4.79 Å². The van der Waals surface area contributed by atoms with Crippen LogP contribution in [0.25, 0.3) is 11.0 Å². The summed E-state index contributed by atoms with van der Waals surface area (Å²) < 4.78 is 5.03. The molecule has 0 aliphatic heterocycles. The van der Waals surface area contributed by atoms with E-state index in [1.807, 2.05) is 13.8 Å². The molecule has 5 nitrogen and oxygen atoms in total. The smallest absolute Gasteiger partial charge is 0.349 e. The van der Waals surface area contributed by atoms with Gasteiger partial charge in [-0.05, 0) is 31.5 Å². The normalized spacial score (nSPS) is 12.3. The predicted octanol–water partition coefficient (Wildman–Crippen LogP) is 2.03. The largest absolute Gasteiger partial charge is 0.508 e. The quantitative estimate of drug-likeness (QED) is 0.828. The highest BCUT2D eigenvalue weighted by molar-refractivity contribution is 5.96. The molecule has 100 valence electrons. The Kier molecular flexibility index (Phi) is 3.55. The van der Waals surface area contributed by atoms with Crippen molar-refractivity contribution in [3.8, 4) is 5.75 Å². The SMILES string of the molecule is CC[C@@H](C)NC(=O)c1cc2ccc(O)cc2oc1=O. The number of hydrogen-bond donors (Lipinski definition) is 2. The molecule has 0 aliphatic carbocycles. The highest BCUT2D eigenvalue weighted by Gasteiger charge is 2.15. The second-order valence-electron chi connectivity index (χ2n) is 4.45. The van der Waals surface area contributed by atoms with Crippen molar-refractivity contribution < 1.29 is 14.3 Å². The summed E-state index contributed by atoms with van der Waals surface area (Å²) >= 11 is 0. The third-order valence-electron chi connectivity index (χ3n) is 2.95. The number of rotatable bonds is 3. The highest BCUT2D eigenvalue weighted by Crippen LogP contribution is 2.19. The minimum atomic E-state index is -0.709. The Labute approximate surface area is 109 Å². The van der Waals surface area contributed by atoms with Gasteiger partial charge in [0.15, 0.2) is 0 Å². The van der Waals surface area contributed by atoms with E-state index in [0.29, 0.717) is 5.39 Å². The molecule has 1 aromatic carbocycles. The monoisotopic (exact) mass is 261 g/mol. The van der Waals surface area contributed by atoms with Crippen LogP contribution in [0, 0.1) is 0 Å². The fraction of sp³-hybridized carbons (Fsp3) is 0.286. The van der Waals surface area contributed by atoms with Gasteiger partial charge < -0.3 is 14.8 Å². The van der Waals surface area contributed by atoms with E-state index in [0.717, 1.165) is 6.42 Å². The second-order valence-corrected chi connectivity index (χ2v) is 4.45. The lowest BCUT2D eigenvalue weighted by atomic mass is 10.1. The zero-order valence-electron chi connectivity index (χ0n) is 10.8. The fourth-order valence-corrected chi connectivity index (χ4v) is 1.66. The first kappa shape index (κ1) is 13.1. The molecular formula is C14H15NO4. The van der Waals surface area contributed by atoms with Crippen molar-refractivity contribution >= 4 is 16.9 Å². The zero-order valence-corrected chi connectivity index (χ0v) is 10.8. The first-order chi connectivity index (χ1) is 9.01. The van der Waals surface area contributed by atoms with Gasteiger partial charge in [-0.2, -0.15) is 0 Å². The maximum Gasteiger partial charge on any atom is 0.349 e. The Bertz CT molecular complexity index is 675. The molecule has 1 amide bonds. The van der Waals surface area contributed by atoms with Crippen molar-refractivity contribution in [1.29, 1.82) is 0 Å². The number of phenols is 1. The maximum absolute atomic E-state index is 11.9. The number of carbonyl (C=O) groups excluding carboxylic acids is 1. The second kappa shape index (κ2) is 5.14. The first-order valence-corrected chi connectivity index (χ1v) is 6.09.